The van der Waals surface area contributed by atoms with Crippen molar-refractivity contribution in [1.29, 1.82) is 0 Å². The number of thioether (sulfide) groups is 1. The highest BCUT2D eigenvalue weighted by molar-refractivity contribution is 8.23. The molecule has 1 aromatic heterocycles. The molecule has 0 aliphatic rings. The van der Waals surface area contributed by atoms with Crippen molar-refractivity contribution in [3.8, 4) is 0 Å². The topological polar surface area (TPSA) is 63.0 Å². The van der Waals surface area contributed by atoms with Crippen LogP contribution in [0, 0.1) is 11.6 Å². The van der Waals surface area contributed by atoms with Crippen LogP contribution in [0.25, 0.3) is 0 Å². The van der Waals surface area contributed by atoms with Crippen LogP contribution in [0.4, 0.5) is 14.5 Å². The molecule has 3 aromatic rings. The third-order valence-corrected chi connectivity index (χ3v) is 5.69. The maximum absolute atomic E-state index is 14.5. The lowest BCUT2D eigenvalue weighted by molar-refractivity contribution is 0.0136. The summed E-state index contributed by atoms with van der Waals surface area (Å²) in [6, 6.07) is 12.5. The van der Waals surface area contributed by atoms with Gasteiger partial charge >= 0.3 is 0 Å². The number of hydrogen-bond acceptors (Lipinski definition) is 5. The second-order valence-corrected chi connectivity index (χ2v) is 8.20. The first-order valence-electron chi connectivity index (χ1n) is 8.41. The summed E-state index contributed by atoms with van der Waals surface area (Å²) in [4.78, 5) is 3.85. The van der Waals surface area contributed by atoms with E-state index in [1.54, 1.807) is 6.92 Å². The Hall–Kier alpha value is -2.36. The van der Waals surface area contributed by atoms with E-state index in [-0.39, 0.29) is 12.1 Å². The van der Waals surface area contributed by atoms with Crippen LogP contribution in [-0.2, 0) is 12.1 Å². The normalized spacial score (nSPS) is 14.3. The predicted molar refractivity (Wildman–Crippen MR) is 110 cm³/mol. The number of benzene rings is 2. The summed E-state index contributed by atoms with van der Waals surface area (Å²) >= 11 is 6.56. The highest BCUT2D eigenvalue weighted by Crippen LogP contribution is 2.36. The van der Waals surface area contributed by atoms with Crippen LogP contribution in [0.2, 0.25) is 0 Å². The number of aliphatic hydroxyl groups is 1. The Balaban J connectivity index is 1.86. The van der Waals surface area contributed by atoms with Crippen molar-refractivity contribution in [3.05, 3.63) is 78.4 Å². The highest BCUT2D eigenvalue weighted by atomic mass is 32.2. The van der Waals surface area contributed by atoms with Crippen molar-refractivity contribution in [2.24, 2.45) is 0 Å². The molecule has 5 nitrogen and oxygen atoms in total. The number of thiocarbonyl (C=S) groups is 1. The monoisotopic (exact) mass is 420 g/mol. The number of aromatic nitrogens is 3. The van der Waals surface area contributed by atoms with Crippen LogP contribution in [0.5, 0.6) is 0 Å². The van der Waals surface area contributed by atoms with E-state index in [4.69, 9.17) is 12.2 Å². The molecule has 146 valence electrons. The molecule has 9 heteroatoms. The molecule has 0 aliphatic carbocycles. The molecule has 0 aliphatic heterocycles. The fourth-order valence-corrected chi connectivity index (χ4v) is 4.21. The molecule has 0 radical (unpaired) electrons. The van der Waals surface area contributed by atoms with E-state index in [1.807, 2.05) is 30.3 Å². The molecule has 2 aromatic carbocycles. The molecule has 1 heterocycles. The van der Waals surface area contributed by atoms with Gasteiger partial charge in [-0.05, 0) is 25.1 Å². The quantitative estimate of drug-likeness (QED) is 0.589. The maximum Gasteiger partial charge on any atom is 0.138 e. The van der Waals surface area contributed by atoms with Crippen LogP contribution in [0.1, 0.15) is 12.5 Å². The Bertz CT molecular complexity index is 940. The van der Waals surface area contributed by atoms with Gasteiger partial charge in [0.25, 0.3) is 0 Å². The minimum absolute atomic E-state index is 0.0353. The number of anilines is 1. The zero-order valence-electron chi connectivity index (χ0n) is 14.9. The molecule has 0 bridgehead atoms. The van der Waals surface area contributed by atoms with Crippen LogP contribution < -0.4 is 5.32 Å². The van der Waals surface area contributed by atoms with Gasteiger partial charge in [0.05, 0.1) is 6.54 Å². The van der Waals surface area contributed by atoms with Crippen molar-refractivity contribution in [2.45, 2.75) is 24.3 Å². The van der Waals surface area contributed by atoms with Crippen molar-refractivity contribution < 1.29 is 13.9 Å². The number of hydrogen-bond donors (Lipinski definition) is 2. The summed E-state index contributed by atoms with van der Waals surface area (Å²) < 4.78 is 29.7. The summed E-state index contributed by atoms with van der Waals surface area (Å²) in [6.07, 6.45) is 2.74. The summed E-state index contributed by atoms with van der Waals surface area (Å²) in [5.41, 5.74) is -0.939. The second-order valence-electron chi connectivity index (χ2n) is 6.18. The van der Waals surface area contributed by atoms with Crippen molar-refractivity contribution in [2.75, 3.05) is 5.32 Å². The molecule has 0 spiro atoms. The Labute approximate surface area is 170 Å². The molecule has 0 fully saturated rings. The summed E-state index contributed by atoms with van der Waals surface area (Å²) in [5.74, 6) is -1.55. The molecule has 0 unspecified atom stereocenters. The molecule has 2 N–H and O–H groups in total. The molecule has 2 atom stereocenters. The number of halogens is 2. The first kappa shape index (κ1) is 20.4. The lowest BCUT2D eigenvalue weighted by Gasteiger charge is -2.34. The second kappa shape index (κ2) is 8.76. The zero-order valence-corrected chi connectivity index (χ0v) is 16.6. The largest absolute Gasteiger partial charge is 0.382 e. The molecule has 28 heavy (non-hydrogen) atoms. The fraction of sp³-hybridized carbons (Fsp3) is 0.211. The predicted octanol–water partition coefficient (Wildman–Crippen LogP) is 3.96. The first-order chi connectivity index (χ1) is 13.4. The lowest BCUT2D eigenvalue weighted by Crippen LogP contribution is -2.42. The lowest BCUT2D eigenvalue weighted by atomic mass is 9.90. The number of nitrogens with zero attached hydrogens (tertiary/aromatic N) is 3. The first-order valence-corrected chi connectivity index (χ1v) is 9.70. The fourth-order valence-electron chi connectivity index (χ4n) is 2.76. The summed E-state index contributed by atoms with van der Waals surface area (Å²) in [5, 5.41) is 17.9. The standard InChI is InChI=1S/C19H18F2N4OS2/c1-13(28-18(27)24-15-5-3-2-4-6-15)19(26,10-25-12-22-11-23-25)16-8-7-14(20)9-17(16)21/h2-9,11-13,26H,10H2,1H3,(H,24,27)/t13-,19-/m1/s1. The Morgan fingerprint density at radius 1 is 1.29 bits per heavy atom. The van der Waals surface area contributed by atoms with Gasteiger partial charge < -0.3 is 10.4 Å². The molecular formula is C19H18F2N4OS2. The number of para-hydroxylation sites is 1. The van der Waals surface area contributed by atoms with Crippen molar-refractivity contribution in [1.82, 2.24) is 14.8 Å². The van der Waals surface area contributed by atoms with Gasteiger partial charge in [0.1, 0.15) is 34.2 Å². The third-order valence-electron chi connectivity index (χ3n) is 4.24. The van der Waals surface area contributed by atoms with Crippen LogP contribution in [-0.4, -0.2) is 29.4 Å². The van der Waals surface area contributed by atoms with Gasteiger partial charge in [-0.25, -0.2) is 18.4 Å². The summed E-state index contributed by atoms with van der Waals surface area (Å²) in [7, 11) is 0. The van der Waals surface area contributed by atoms with Gasteiger partial charge in [-0.1, -0.05) is 48.2 Å². The SMILES string of the molecule is C[C@@H](SC(=S)Nc1ccccc1)[C@](O)(Cn1cncn1)c1ccc(F)cc1F. The molecule has 0 saturated carbocycles. The number of rotatable bonds is 6. The minimum Gasteiger partial charge on any atom is -0.382 e. The Kier molecular flexibility index (Phi) is 6.38. The molecule has 0 saturated heterocycles. The van der Waals surface area contributed by atoms with Gasteiger partial charge in [0, 0.05) is 22.6 Å². The average molecular weight is 421 g/mol. The van der Waals surface area contributed by atoms with Crippen LogP contribution in [0.15, 0.2) is 61.2 Å². The third kappa shape index (κ3) is 4.73. The van der Waals surface area contributed by atoms with Crippen molar-refractivity contribution >= 4 is 34.0 Å². The van der Waals surface area contributed by atoms with E-state index in [2.05, 4.69) is 15.4 Å². The van der Waals surface area contributed by atoms with E-state index in [0.29, 0.717) is 4.32 Å². The van der Waals surface area contributed by atoms with E-state index in [1.165, 1.54) is 35.2 Å². The van der Waals surface area contributed by atoms with E-state index < -0.39 is 22.5 Å². The Morgan fingerprint density at radius 2 is 2.04 bits per heavy atom. The average Bonchev–Trinajstić information content (AvgIpc) is 3.15. The van der Waals surface area contributed by atoms with Gasteiger partial charge in [0.2, 0.25) is 0 Å². The van der Waals surface area contributed by atoms with E-state index >= 15 is 0 Å². The van der Waals surface area contributed by atoms with Gasteiger partial charge in [-0.15, -0.1) is 0 Å². The number of nitrogens with one attached hydrogen (secondary N) is 1. The van der Waals surface area contributed by atoms with E-state index in [9.17, 15) is 13.9 Å². The summed E-state index contributed by atoms with van der Waals surface area (Å²) in [6.45, 7) is 1.65. The zero-order chi connectivity index (χ0) is 20.1. The minimum atomic E-state index is -1.71. The van der Waals surface area contributed by atoms with Crippen molar-refractivity contribution in [3.63, 3.8) is 0 Å². The van der Waals surface area contributed by atoms with Gasteiger partial charge in [-0.2, -0.15) is 5.10 Å². The molecule has 0 amide bonds. The highest BCUT2D eigenvalue weighted by Gasteiger charge is 2.40. The van der Waals surface area contributed by atoms with Gasteiger partial charge in [0.15, 0.2) is 0 Å². The van der Waals surface area contributed by atoms with Crippen LogP contribution >= 0.6 is 24.0 Å². The molecule has 3 rings (SSSR count). The Morgan fingerprint density at radius 3 is 2.68 bits per heavy atom. The smallest absolute Gasteiger partial charge is 0.138 e. The molecular weight excluding hydrogens is 402 g/mol. The van der Waals surface area contributed by atoms with Gasteiger partial charge in [-0.3, -0.25) is 0 Å². The van der Waals surface area contributed by atoms with E-state index in [0.717, 1.165) is 17.8 Å². The maximum atomic E-state index is 14.5. The van der Waals surface area contributed by atoms with Crippen LogP contribution in [0.3, 0.4) is 0 Å².